The van der Waals surface area contributed by atoms with E-state index >= 15 is 0 Å². The maximum Gasteiger partial charge on any atom is 0.146 e. The van der Waals surface area contributed by atoms with Gasteiger partial charge in [-0.1, -0.05) is 6.07 Å². The van der Waals surface area contributed by atoms with Crippen molar-refractivity contribution in [3.8, 4) is 5.75 Å². The predicted molar refractivity (Wildman–Crippen MR) is 75.3 cm³/mol. The van der Waals surface area contributed by atoms with Crippen molar-refractivity contribution >= 4 is 17.2 Å². The Hall–Kier alpha value is -2.56. The lowest BCUT2D eigenvalue weighted by Gasteiger charge is -2.21. The first-order chi connectivity index (χ1) is 9.31. The molecule has 2 aromatic rings. The van der Waals surface area contributed by atoms with Crippen LogP contribution < -0.4 is 15.8 Å². The van der Waals surface area contributed by atoms with Crippen LogP contribution in [0.25, 0.3) is 0 Å². The summed E-state index contributed by atoms with van der Waals surface area (Å²) in [4.78, 5) is 8.54. The number of aliphatic imine (C=N–C) groups is 1. The molecule has 1 aromatic heterocycles. The number of nitrogens with two attached hydrogens (primary N) is 1. The monoisotopic (exact) mass is 254 g/mol. The van der Waals surface area contributed by atoms with Crippen molar-refractivity contribution in [2.45, 2.75) is 6.54 Å². The number of hydrogen-bond acceptors (Lipinski definition) is 4. The van der Waals surface area contributed by atoms with Gasteiger partial charge in [-0.15, -0.1) is 0 Å². The third-order valence-corrected chi connectivity index (χ3v) is 2.82. The number of nitrogens with zero attached hydrogens (tertiary/aromatic N) is 2. The number of amidine groups is 1. The molecule has 1 aliphatic rings. The van der Waals surface area contributed by atoms with Crippen LogP contribution in [0.1, 0.15) is 5.56 Å². The molecule has 2 heterocycles. The summed E-state index contributed by atoms with van der Waals surface area (Å²) in [5.41, 5.74) is 8.36. The molecule has 3 N–H and O–H groups in total. The highest BCUT2D eigenvalue weighted by molar-refractivity contribution is 5.99. The van der Waals surface area contributed by atoms with Crippen LogP contribution in [-0.2, 0) is 6.54 Å². The minimum Gasteiger partial charge on any atom is -0.483 e. The van der Waals surface area contributed by atoms with E-state index in [0.29, 0.717) is 18.8 Å². The summed E-state index contributed by atoms with van der Waals surface area (Å²) in [6.45, 7) is 1.01. The molecule has 0 amide bonds. The van der Waals surface area contributed by atoms with E-state index in [1.165, 1.54) is 0 Å². The van der Waals surface area contributed by atoms with E-state index in [4.69, 9.17) is 10.5 Å². The fraction of sp³-hybridized carbons (Fsp3) is 0.143. The van der Waals surface area contributed by atoms with Crippen LogP contribution in [0.4, 0.5) is 11.4 Å². The SMILES string of the molecule is Nc1ccc2c(c1)OCC(=NCc1cccnc1)N2. The number of aromatic nitrogens is 1. The Labute approximate surface area is 111 Å². The number of benzene rings is 1. The lowest BCUT2D eigenvalue weighted by molar-refractivity contribution is 0.372. The van der Waals surface area contributed by atoms with Gasteiger partial charge in [0.25, 0.3) is 0 Å². The number of fused-ring (bicyclic) bond motifs is 1. The summed E-state index contributed by atoms with van der Waals surface area (Å²) in [5, 5.41) is 3.24. The molecule has 19 heavy (non-hydrogen) atoms. The maximum absolute atomic E-state index is 5.71. The van der Waals surface area contributed by atoms with Crippen molar-refractivity contribution in [3.05, 3.63) is 48.3 Å². The highest BCUT2D eigenvalue weighted by Crippen LogP contribution is 2.29. The van der Waals surface area contributed by atoms with Gasteiger partial charge in [0.15, 0.2) is 0 Å². The number of pyridine rings is 1. The second-order valence-electron chi connectivity index (χ2n) is 4.29. The van der Waals surface area contributed by atoms with Crippen molar-refractivity contribution < 1.29 is 4.74 Å². The first-order valence-electron chi connectivity index (χ1n) is 6.03. The Kier molecular flexibility index (Phi) is 3.02. The molecule has 0 fully saturated rings. The van der Waals surface area contributed by atoms with E-state index < -0.39 is 0 Å². The molecular formula is C14H14N4O. The molecule has 0 saturated carbocycles. The number of ether oxygens (including phenoxy) is 1. The fourth-order valence-corrected chi connectivity index (χ4v) is 1.86. The molecule has 0 unspecified atom stereocenters. The van der Waals surface area contributed by atoms with Crippen LogP contribution in [0.5, 0.6) is 5.75 Å². The minimum atomic E-state index is 0.427. The number of nitrogens with one attached hydrogen (secondary N) is 1. The van der Waals surface area contributed by atoms with Gasteiger partial charge < -0.3 is 15.8 Å². The Bertz CT molecular complexity index is 610. The van der Waals surface area contributed by atoms with E-state index in [9.17, 15) is 0 Å². The third-order valence-electron chi connectivity index (χ3n) is 2.82. The summed E-state index contributed by atoms with van der Waals surface area (Å²) in [6.07, 6.45) is 3.56. The Morgan fingerprint density at radius 2 is 2.32 bits per heavy atom. The van der Waals surface area contributed by atoms with Crippen LogP contribution >= 0.6 is 0 Å². The molecule has 0 bridgehead atoms. The quantitative estimate of drug-likeness (QED) is 0.805. The van der Waals surface area contributed by atoms with Crippen molar-refractivity contribution in [3.63, 3.8) is 0 Å². The number of anilines is 2. The van der Waals surface area contributed by atoms with Gasteiger partial charge in [0, 0.05) is 24.1 Å². The van der Waals surface area contributed by atoms with Crippen molar-refractivity contribution in [2.75, 3.05) is 17.7 Å². The molecule has 0 radical (unpaired) electrons. The largest absolute Gasteiger partial charge is 0.483 e. The van der Waals surface area contributed by atoms with Gasteiger partial charge >= 0.3 is 0 Å². The number of nitrogen functional groups attached to an aromatic ring is 1. The van der Waals surface area contributed by atoms with Crippen molar-refractivity contribution in [1.29, 1.82) is 0 Å². The van der Waals surface area contributed by atoms with Crippen LogP contribution in [-0.4, -0.2) is 17.4 Å². The van der Waals surface area contributed by atoms with Crippen LogP contribution in [0.2, 0.25) is 0 Å². The zero-order chi connectivity index (χ0) is 13.1. The highest BCUT2D eigenvalue weighted by Gasteiger charge is 2.14. The van der Waals surface area contributed by atoms with E-state index in [1.54, 1.807) is 12.3 Å². The Morgan fingerprint density at radius 1 is 1.37 bits per heavy atom. The van der Waals surface area contributed by atoms with Gasteiger partial charge in [-0.3, -0.25) is 9.98 Å². The summed E-state index contributed by atoms with van der Waals surface area (Å²) in [7, 11) is 0. The highest BCUT2D eigenvalue weighted by atomic mass is 16.5. The molecule has 0 saturated heterocycles. The topological polar surface area (TPSA) is 72.5 Å². The van der Waals surface area contributed by atoms with E-state index in [0.717, 1.165) is 22.8 Å². The predicted octanol–water partition coefficient (Wildman–Crippen LogP) is 2.07. The zero-order valence-corrected chi connectivity index (χ0v) is 10.3. The minimum absolute atomic E-state index is 0.427. The maximum atomic E-state index is 5.71. The number of rotatable bonds is 2. The second kappa shape index (κ2) is 4.97. The van der Waals surface area contributed by atoms with E-state index in [2.05, 4.69) is 15.3 Å². The summed E-state index contributed by atoms with van der Waals surface area (Å²) in [5.74, 6) is 1.57. The average Bonchev–Trinajstić information content (AvgIpc) is 2.46. The zero-order valence-electron chi connectivity index (χ0n) is 10.3. The summed E-state index contributed by atoms with van der Waals surface area (Å²) >= 11 is 0. The molecule has 1 aliphatic heterocycles. The van der Waals surface area contributed by atoms with Crippen molar-refractivity contribution in [1.82, 2.24) is 4.98 Å². The van der Waals surface area contributed by atoms with Crippen LogP contribution in [0.3, 0.4) is 0 Å². The lowest BCUT2D eigenvalue weighted by Crippen LogP contribution is -2.26. The molecule has 0 spiro atoms. The van der Waals surface area contributed by atoms with E-state index in [1.807, 2.05) is 30.5 Å². The molecule has 0 aliphatic carbocycles. The standard InChI is InChI=1S/C14H14N4O/c15-11-3-4-12-13(6-11)19-9-14(18-12)17-8-10-2-1-5-16-7-10/h1-7H,8-9,15H2,(H,17,18). The van der Waals surface area contributed by atoms with Crippen molar-refractivity contribution in [2.24, 2.45) is 4.99 Å². The second-order valence-corrected chi connectivity index (χ2v) is 4.29. The average molecular weight is 254 g/mol. The third kappa shape index (κ3) is 2.65. The number of hydrogen-bond donors (Lipinski definition) is 2. The molecule has 5 nitrogen and oxygen atoms in total. The van der Waals surface area contributed by atoms with E-state index in [-0.39, 0.29) is 0 Å². The first-order valence-corrected chi connectivity index (χ1v) is 6.03. The molecule has 5 heteroatoms. The Balaban J connectivity index is 1.73. The van der Waals surface area contributed by atoms with Crippen LogP contribution in [0, 0.1) is 0 Å². The first kappa shape index (κ1) is 11.5. The van der Waals surface area contributed by atoms with Gasteiger partial charge in [0.1, 0.15) is 18.2 Å². The smallest absolute Gasteiger partial charge is 0.146 e. The lowest BCUT2D eigenvalue weighted by atomic mass is 10.2. The van der Waals surface area contributed by atoms with Gasteiger partial charge in [0.2, 0.25) is 0 Å². The molecule has 96 valence electrons. The molecule has 1 aromatic carbocycles. The summed E-state index contributed by atoms with van der Waals surface area (Å²) < 4.78 is 5.62. The Morgan fingerprint density at radius 3 is 3.16 bits per heavy atom. The van der Waals surface area contributed by atoms with Gasteiger partial charge in [0.05, 0.1) is 12.2 Å². The van der Waals surface area contributed by atoms with Gasteiger partial charge in [-0.2, -0.15) is 0 Å². The fourth-order valence-electron chi connectivity index (χ4n) is 1.86. The normalized spacial score (nSPS) is 15.5. The summed E-state index contributed by atoms with van der Waals surface area (Å²) in [6, 6.07) is 9.43. The van der Waals surface area contributed by atoms with Gasteiger partial charge in [-0.25, -0.2) is 0 Å². The molecule has 0 atom stereocenters. The molecular weight excluding hydrogens is 240 g/mol. The van der Waals surface area contributed by atoms with Gasteiger partial charge in [-0.05, 0) is 23.8 Å². The van der Waals surface area contributed by atoms with Crippen LogP contribution in [0.15, 0.2) is 47.7 Å². The molecule has 3 rings (SSSR count).